The topological polar surface area (TPSA) is 26.3 Å². The molecule has 0 fully saturated rings. The van der Waals surface area contributed by atoms with Crippen molar-refractivity contribution in [1.82, 2.24) is 0 Å². The van der Waals surface area contributed by atoms with E-state index in [0.717, 1.165) is 11.1 Å². The molecule has 2 rings (SSSR count). The summed E-state index contributed by atoms with van der Waals surface area (Å²) in [6.07, 6.45) is 0. The molecule has 0 saturated carbocycles. The van der Waals surface area contributed by atoms with Gasteiger partial charge in [-0.3, -0.25) is 4.79 Å². The van der Waals surface area contributed by atoms with Gasteiger partial charge in [0, 0.05) is 11.1 Å². The monoisotopic (exact) mass is 312 g/mol. The van der Waals surface area contributed by atoms with Crippen molar-refractivity contribution >= 4 is 5.78 Å². The Morgan fingerprint density at radius 3 is 2.22 bits per heavy atom. The first-order valence-electron chi connectivity index (χ1n) is 7.16. The lowest BCUT2D eigenvalue weighted by atomic mass is 9.99. The second-order valence-electron chi connectivity index (χ2n) is 5.18. The number of rotatable bonds is 3. The van der Waals surface area contributed by atoms with Gasteiger partial charge in [0.2, 0.25) is 0 Å². The zero-order valence-corrected chi connectivity index (χ0v) is 14.0. The average Bonchev–Trinajstić information content (AvgIpc) is 2.47. The van der Waals surface area contributed by atoms with Crippen LogP contribution in [0.4, 0.5) is 4.39 Å². The van der Waals surface area contributed by atoms with Crippen LogP contribution in [-0.4, -0.2) is 5.78 Å². The van der Waals surface area contributed by atoms with Gasteiger partial charge in [0.25, 0.3) is 0 Å². The Bertz CT molecular complexity index is 754. The van der Waals surface area contributed by atoms with Gasteiger partial charge >= 0.3 is 0 Å². The summed E-state index contributed by atoms with van der Waals surface area (Å²) < 4.78 is 19.6. The minimum Gasteiger partial charge on any atom is -0.454 e. The molecule has 23 heavy (non-hydrogen) atoms. The van der Waals surface area contributed by atoms with Crippen molar-refractivity contribution in [2.75, 3.05) is 0 Å². The summed E-state index contributed by atoms with van der Waals surface area (Å²) in [5.41, 5.74) is 5.04. The highest BCUT2D eigenvalue weighted by Gasteiger charge is 2.14. The SMILES string of the molecule is C=C=C.CC(=O)c1c(C)ccc(Oc2cccc(C)c2F)c1C. The van der Waals surface area contributed by atoms with Crippen LogP contribution < -0.4 is 4.74 Å². The second kappa shape index (κ2) is 8.11. The third-order valence-corrected chi connectivity index (χ3v) is 3.35. The van der Waals surface area contributed by atoms with Crippen LogP contribution in [0.1, 0.15) is 34.0 Å². The molecule has 3 heteroatoms. The third-order valence-electron chi connectivity index (χ3n) is 3.35. The van der Waals surface area contributed by atoms with E-state index in [4.69, 9.17) is 4.74 Å². The summed E-state index contributed by atoms with van der Waals surface area (Å²) >= 11 is 0. The number of halogens is 1. The Morgan fingerprint density at radius 1 is 1.04 bits per heavy atom. The fourth-order valence-corrected chi connectivity index (χ4v) is 2.30. The molecule has 0 aliphatic carbocycles. The molecule has 0 radical (unpaired) electrons. The molecule has 0 saturated heterocycles. The first kappa shape index (κ1) is 18.4. The van der Waals surface area contributed by atoms with E-state index in [1.165, 1.54) is 6.92 Å². The molecule has 0 atom stereocenters. The fourth-order valence-electron chi connectivity index (χ4n) is 2.30. The van der Waals surface area contributed by atoms with Gasteiger partial charge in [-0.15, -0.1) is 5.73 Å². The van der Waals surface area contributed by atoms with E-state index in [0.29, 0.717) is 16.9 Å². The maximum Gasteiger partial charge on any atom is 0.168 e. The van der Waals surface area contributed by atoms with Crippen LogP contribution >= 0.6 is 0 Å². The van der Waals surface area contributed by atoms with Gasteiger partial charge in [-0.25, -0.2) is 4.39 Å². The number of hydrogen-bond donors (Lipinski definition) is 0. The highest BCUT2D eigenvalue weighted by atomic mass is 19.1. The molecule has 0 aromatic heterocycles. The van der Waals surface area contributed by atoms with Crippen molar-refractivity contribution in [3.8, 4) is 11.5 Å². The smallest absolute Gasteiger partial charge is 0.168 e. The van der Waals surface area contributed by atoms with Gasteiger partial charge in [0.15, 0.2) is 17.3 Å². The van der Waals surface area contributed by atoms with E-state index in [2.05, 4.69) is 18.9 Å². The summed E-state index contributed by atoms with van der Waals surface area (Å²) in [6, 6.07) is 8.58. The third kappa shape index (κ3) is 4.41. The number of carbonyl (C=O) groups excluding carboxylic acids is 1. The highest BCUT2D eigenvalue weighted by Crippen LogP contribution is 2.31. The van der Waals surface area contributed by atoms with E-state index < -0.39 is 0 Å². The molecular weight excluding hydrogens is 291 g/mol. The standard InChI is InChI=1S/C17H17FO2.C3H4/c1-10-8-9-14(12(3)16(10)13(4)19)20-15-7-5-6-11(2)17(15)18;1-3-2/h5-9H,1-4H3;1-2H2. The molecule has 0 N–H and O–H groups in total. The lowest BCUT2D eigenvalue weighted by Gasteiger charge is -2.14. The van der Waals surface area contributed by atoms with Gasteiger partial charge in [-0.05, 0) is 51.0 Å². The highest BCUT2D eigenvalue weighted by molar-refractivity contribution is 5.97. The average molecular weight is 312 g/mol. The van der Waals surface area contributed by atoms with Crippen molar-refractivity contribution in [1.29, 1.82) is 0 Å². The van der Waals surface area contributed by atoms with Crippen LogP contribution in [0.3, 0.4) is 0 Å². The van der Waals surface area contributed by atoms with Gasteiger partial charge in [0.05, 0.1) is 0 Å². The van der Waals surface area contributed by atoms with Crippen LogP contribution in [-0.2, 0) is 0 Å². The predicted octanol–water partition coefficient (Wildman–Crippen LogP) is 5.70. The van der Waals surface area contributed by atoms with E-state index in [1.807, 2.05) is 19.9 Å². The quantitative estimate of drug-likeness (QED) is 0.536. The number of ketones is 1. The number of aryl methyl sites for hydroxylation is 2. The Hall–Kier alpha value is -2.64. The number of carbonyl (C=O) groups is 1. The molecule has 0 unspecified atom stereocenters. The number of ether oxygens (including phenoxy) is 1. The van der Waals surface area contributed by atoms with Crippen molar-refractivity contribution in [2.24, 2.45) is 0 Å². The van der Waals surface area contributed by atoms with E-state index >= 15 is 0 Å². The number of Topliss-reactive ketones (excluding diaryl/α,β-unsaturated/α-hetero) is 1. The van der Waals surface area contributed by atoms with Crippen molar-refractivity contribution in [3.05, 3.63) is 77.3 Å². The van der Waals surface area contributed by atoms with E-state index in [9.17, 15) is 9.18 Å². The molecular formula is C20H21FO2. The van der Waals surface area contributed by atoms with Crippen molar-refractivity contribution in [3.63, 3.8) is 0 Å². The van der Waals surface area contributed by atoms with Crippen LogP contribution in [0.2, 0.25) is 0 Å². The normalized spacial score (nSPS) is 9.43. The summed E-state index contributed by atoms with van der Waals surface area (Å²) in [5.74, 6) is 0.281. The molecule has 2 nitrogen and oxygen atoms in total. The molecule has 2 aromatic rings. The first-order valence-corrected chi connectivity index (χ1v) is 7.16. The van der Waals surface area contributed by atoms with Crippen LogP contribution in [0.25, 0.3) is 0 Å². The van der Waals surface area contributed by atoms with Crippen LogP contribution in [0, 0.1) is 26.6 Å². The van der Waals surface area contributed by atoms with E-state index in [1.54, 1.807) is 31.2 Å². The number of hydrogen-bond acceptors (Lipinski definition) is 2. The summed E-state index contributed by atoms with van der Waals surface area (Å²) in [7, 11) is 0. The van der Waals surface area contributed by atoms with E-state index in [-0.39, 0.29) is 17.3 Å². The van der Waals surface area contributed by atoms with Gasteiger partial charge in [0.1, 0.15) is 5.75 Å². The molecule has 0 aliphatic rings. The Balaban J connectivity index is 0.000000816. The zero-order valence-electron chi connectivity index (χ0n) is 14.0. The lowest BCUT2D eigenvalue weighted by molar-refractivity contribution is 0.101. The van der Waals surface area contributed by atoms with Gasteiger partial charge in [-0.1, -0.05) is 31.4 Å². The predicted molar refractivity (Wildman–Crippen MR) is 91.9 cm³/mol. The minimum atomic E-state index is -0.378. The van der Waals surface area contributed by atoms with Crippen molar-refractivity contribution < 1.29 is 13.9 Å². The van der Waals surface area contributed by atoms with Crippen LogP contribution in [0.15, 0.2) is 49.2 Å². The fraction of sp³-hybridized carbons (Fsp3) is 0.200. The Kier molecular flexibility index (Phi) is 6.49. The molecule has 0 spiro atoms. The minimum absolute atomic E-state index is 0.0184. The Labute approximate surface area is 136 Å². The maximum absolute atomic E-state index is 14.0. The molecule has 2 aromatic carbocycles. The zero-order chi connectivity index (χ0) is 17.6. The first-order chi connectivity index (χ1) is 10.8. The van der Waals surface area contributed by atoms with Crippen LogP contribution in [0.5, 0.6) is 11.5 Å². The second-order valence-corrected chi connectivity index (χ2v) is 5.18. The Morgan fingerprint density at radius 2 is 1.65 bits per heavy atom. The van der Waals surface area contributed by atoms with Gasteiger partial charge in [-0.2, -0.15) is 0 Å². The molecule has 0 aliphatic heterocycles. The summed E-state index contributed by atoms with van der Waals surface area (Å²) in [4.78, 5) is 11.7. The lowest BCUT2D eigenvalue weighted by Crippen LogP contribution is -2.02. The summed E-state index contributed by atoms with van der Waals surface area (Å²) in [5, 5.41) is 0. The molecule has 0 bridgehead atoms. The van der Waals surface area contributed by atoms with Crippen molar-refractivity contribution in [2.45, 2.75) is 27.7 Å². The molecule has 0 heterocycles. The largest absolute Gasteiger partial charge is 0.454 e. The van der Waals surface area contributed by atoms with Gasteiger partial charge < -0.3 is 4.74 Å². The molecule has 120 valence electrons. The number of benzene rings is 2. The summed E-state index contributed by atoms with van der Waals surface area (Å²) in [6.45, 7) is 13.1. The molecule has 0 amide bonds. The maximum atomic E-state index is 14.0.